The van der Waals surface area contributed by atoms with Crippen molar-refractivity contribution in [1.82, 2.24) is 0 Å². The first-order chi connectivity index (χ1) is 5.99. The molecule has 3 heteroatoms. The molecule has 0 heterocycles. The summed E-state index contributed by atoms with van der Waals surface area (Å²) in [7, 11) is 6.14. The van der Waals surface area contributed by atoms with Gasteiger partial charge in [-0.15, -0.1) is 0 Å². The van der Waals surface area contributed by atoms with E-state index in [1.165, 1.54) is 5.56 Å². The quantitative estimate of drug-likeness (QED) is 0.291. The summed E-state index contributed by atoms with van der Waals surface area (Å²) in [4.78, 5) is 0. The molecule has 0 aliphatic rings. The molecule has 0 saturated heterocycles. The van der Waals surface area contributed by atoms with Crippen LogP contribution in [-0.2, 0) is 0 Å². The second-order valence-electron chi connectivity index (χ2n) is 3.99. The Morgan fingerprint density at radius 1 is 1.07 bits per heavy atom. The van der Waals surface area contributed by atoms with Crippen molar-refractivity contribution in [1.29, 1.82) is 0 Å². The lowest BCUT2D eigenvalue weighted by Crippen LogP contribution is -3.00. The minimum Gasteiger partial charge on any atom is -1.00 e. The lowest BCUT2D eigenvalue weighted by molar-refractivity contribution is -0.877. The Labute approximate surface area is 103 Å². The molecule has 0 atom stereocenters. The van der Waals surface area contributed by atoms with Crippen LogP contribution in [-0.4, -0.2) is 31.4 Å². The van der Waals surface area contributed by atoms with E-state index in [2.05, 4.69) is 17.2 Å². The fraction of sp³-hybridized carbons (Fsp3) is 0.364. The number of hydrogen-bond acceptors (Lipinski definition) is 1. The highest BCUT2D eigenvalue weighted by Crippen LogP contribution is 2.03. The Morgan fingerprint density at radius 2 is 1.57 bits per heavy atom. The van der Waals surface area contributed by atoms with Gasteiger partial charge in [0.15, 0.2) is 0 Å². The lowest BCUT2D eigenvalue weighted by Gasteiger charge is -2.16. The van der Waals surface area contributed by atoms with E-state index in [0.29, 0.717) is 4.59 Å². The van der Waals surface area contributed by atoms with Crippen molar-refractivity contribution in [2.75, 3.05) is 21.1 Å². The SMILES string of the molecule is C/C(=N\[N+](C)(C)C)c1ccccc1.[I-]. The number of hydrogen-bond donors (Lipinski definition) is 0. The van der Waals surface area contributed by atoms with E-state index in [4.69, 9.17) is 0 Å². The van der Waals surface area contributed by atoms with Crippen LogP contribution in [0.15, 0.2) is 35.4 Å². The Hall–Kier alpha value is -0.420. The Balaban J connectivity index is 0.00000169. The first kappa shape index (κ1) is 13.6. The zero-order valence-corrected chi connectivity index (χ0v) is 11.3. The van der Waals surface area contributed by atoms with E-state index in [1.54, 1.807) is 0 Å². The lowest BCUT2D eigenvalue weighted by atomic mass is 10.1. The molecule has 14 heavy (non-hydrogen) atoms. The van der Waals surface area contributed by atoms with Crippen LogP contribution in [0, 0.1) is 0 Å². The third-order valence-electron chi connectivity index (χ3n) is 1.64. The number of rotatable bonds is 2. The molecule has 0 aliphatic carbocycles. The number of benzene rings is 1. The summed E-state index contributed by atoms with van der Waals surface area (Å²) < 4.78 is 0.612. The molecule has 2 nitrogen and oxygen atoms in total. The number of quaternary nitrogens is 1. The number of nitrogens with zero attached hydrogens (tertiary/aromatic N) is 2. The van der Waals surface area contributed by atoms with Crippen LogP contribution >= 0.6 is 0 Å². The van der Waals surface area contributed by atoms with Gasteiger partial charge in [-0.25, -0.2) is 4.59 Å². The predicted molar refractivity (Wildman–Crippen MR) is 56.7 cm³/mol. The van der Waals surface area contributed by atoms with E-state index >= 15 is 0 Å². The van der Waals surface area contributed by atoms with Gasteiger partial charge in [-0.2, -0.15) is 0 Å². The minimum absolute atomic E-state index is 0. The summed E-state index contributed by atoms with van der Waals surface area (Å²) in [5.74, 6) is 0. The molecule has 0 fully saturated rings. The maximum absolute atomic E-state index is 4.53. The van der Waals surface area contributed by atoms with Gasteiger partial charge in [0.1, 0.15) is 0 Å². The topological polar surface area (TPSA) is 12.4 Å². The summed E-state index contributed by atoms with van der Waals surface area (Å²) in [6.45, 7) is 2.04. The van der Waals surface area contributed by atoms with Gasteiger partial charge in [0, 0.05) is 5.56 Å². The molecule has 0 bridgehead atoms. The third kappa shape index (κ3) is 4.72. The van der Waals surface area contributed by atoms with Crippen molar-refractivity contribution in [2.24, 2.45) is 5.10 Å². The molecule has 0 amide bonds. The summed E-state index contributed by atoms with van der Waals surface area (Å²) in [5, 5.41) is 4.53. The molecular formula is C11H17IN2. The fourth-order valence-corrected chi connectivity index (χ4v) is 1.19. The molecule has 1 aromatic rings. The van der Waals surface area contributed by atoms with Gasteiger partial charge in [0.25, 0.3) is 0 Å². The van der Waals surface area contributed by atoms with Crippen LogP contribution in [0.5, 0.6) is 0 Å². The average molecular weight is 304 g/mol. The van der Waals surface area contributed by atoms with Gasteiger partial charge in [-0.1, -0.05) is 35.4 Å². The molecule has 1 aromatic carbocycles. The maximum atomic E-state index is 4.53. The molecule has 0 aromatic heterocycles. The molecule has 0 unspecified atom stereocenters. The highest BCUT2D eigenvalue weighted by molar-refractivity contribution is 5.98. The largest absolute Gasteiger partial charge is 1.00 e. The van der Waals surface area contributed by atoms with E-state index < -0.39 is 0 Å². The minimum atomic E-state index is 0. The molecule has 1 rings (SSSR count). The van der Waals surface area contributed by atoms with Crippen molar-refractivity contribution in [2.45, 2.75) is 6.92 Å². The smallest absolute Gasteiger partial charge is 0.0999 e. The van der Waals surface area contributed by atoms with Crippen molar-refractivity contribution >= 4 is 5.71 Å². The summed E-state index contributed by atoms with van der Waals surface area (Å²) in [6.07, 6.45) is 0. The summed E-state index contributed by atoms with van der Waals surface area (Å²) >= 11 is 0. The van der Waals surface area contributed by atoms with Crippen LogP contribution in [0.25, 0.3) is 0 Å². The highest BCUT2D eigenvalue weighted by Gasteiger charge is 2.06. The predicted octanol–water partition coefficient (Wildman–Crippen LogP) is -0.879. The van der Waals surface area contributed by atoms with Gasteiger partial charge in [-0.3, -0.25) is 0 Å². The first-order valence-corrected chi connectivity index (χ1v) is 4.43. The standard InChI is InChI=1S/C11H17N2.HI/c1-10(12-13(2,3)4)11-8-6-5-7-9-11;/h5-9H,1-4H3;1H/q+1;/p-1/b12-10+;. The van der Waals surface area contributed by atoms with Crippen LogP contribution in [0.1, 0.15) is 12.5 Å². The maximum Gasteiger partial charge on any atom is 0.0999 e. The second kappa shape index (κ2) is 5.46. The van der Waals surface area contributed by atoms with E-state index in [-0.39, 0.29) is 24.0 Å². The van der Waals surface area contributed by atoms with Crippen molar-refractivity contribution in [3.8, 4) is 0 Å². The number of halogens is 1. The zero-order valence-electron chi connectivity index (χ0n) is 9.16. The first-order valence-electron chi connectivity index (χ1n) is 4.43. The van der Waals surface area contributed by atoms with E-state index in [1.807, 2.05) is 46.3 Å². The van der Waals surface area contributed by atoms with Gasteiger partial charge in [-0.05, 0) is 6.92 Å². The molecular weight excluding hydrogens is 287 g/mol. The van der Waals surface area contributed by atoms with E-state index in [0.717, 1.165) is 5.71 Å². The Bertz CT molecular complexity index is 299. The van der Waals surface area contributed by atoms with Gasteiger partial charge >= 0.3 is 0 Å². The zero-order chi connectivity index (χ0) is 9.90. The Kier molecular flexibility index (Phi) is 5.29. The van der Waals surface area contributed by atoms with Crippen LogP contribution < -0.4 is 24.0 Å². The molecule has 0 saturated carbocycles. The van der Waals surface area contributed by atoms with Gasteiger partial charge < -0.3 is 24.0 Å². The third-order valence-corrected chi connectivity index (χ3v) is 1.64. The van der Waals surface area contributed by atoms with Crippen molar-refractivity contribution < 1.29 is 28.6 Å². The molecule has 0 spiro atoms. The summed E-state index contributed by atoms with van der Waals surface area (Å²) in [6, 6.07) is 10.2. The van der Waals surface area contributed by atoms with Crippen LogP contribution in [0.3, 0.4) is 0 Å². The monoisotopic (exact) mass is 304 g/mol. The molecule has 0 N–H and O–H groups in total. The fourth-order valence-electron chi connectivity index (χ4n) is 1.19. The highest BCUT2D eigenvalue weighted by atomic mass is 127. The Morgan fingerprint density at radius 3 is 2.00 bits per heavy atom. The second-order valence-corrected chi connectivity index (χ2v) is 3.99. The molecule has 0 aliphatic heterocycles. The summed E-state index contributed by atoms with van der Waals surface area (Å²) in [5.41, 5.74) is 2.27. The van der Waals surface area contributed by atoms with Crippen LogP contribution in [0.4, 0.5) is 0 Å². The molecule has 0 radical (unpaired) electrons. The normalized spacial score (nSPS) is 12.1. The van der Waals surface area contributed by atoms with Crippen LogP contribution in [0.2, 0.25) is 0 Å². The molecule has 78 valence electrons. The van der Waals surface area contributed by atoms with E-state index in [9.17, 15) is 0 Å². The van der Waals surface area contributed by atoms with Gasteiger partial charge in [0.2, 0.25) is 0 Å². The average Bonchev–Trinajstić information content (AvgIpc) is 2.03. The van der Waals surface area contributed by atoms with Crippen molar-refractivity contribution in [3.05, 3.63) is 35.9 Å². The van der Waals surface area contributed by atoms with Gasteiger partial charge in [0.05, 0.1) is 26.9 Å². The van der Waals surface area contributed by atoms with Crippen molar-refractivity contribution in [3.63, 3.8) is 0 Å².